The number of nitrogens with one attached hydrogen (secondary N) is 2. The molecule has 1 aliphatic carbocycles. The number of hydrogen-bond donors (Lipinski definition) is 3. The quantitative estimate of drug-likeness (QED) is 0.675. The number of carbonyl (C=O) groups excluding carboxylic acids is 2. The van der Waals surface area contributed by atoms with E-state index in [9.17, 15) is 14.4 Å². The molecule has 21 heavy (non-hydrogen) atoms. The van der Waals surface area contributed by atoms with Gasteiger partial charge < -0.3 is 20.6 Å². The van der Waals surface area contributed by atoms with Crippen LogP contribution in [0.5, 0.6) is 0 Å². The van der Waals surface area contributed by atoms with E-state index in [1.807, 2.05) is 6.92 Å². The molecule has 3 amide bonds. The van der Waals surface area contributed by atoms with Crippen molar-refractivity contribution < 1.29 is 19.5 Å². The second-order valence-corrected chi connectivity index (χ2v) is 5.70. The maximum Gasteiger partial charge on any atom is 0.315 e. The summed E-state index contributed by atoms with van der Waals surface area (Å²) >= 11 is 0. The minimum Gasteiger partial charge on any atom is -0.481 e. The van der Waals surface area contributed by atoms with Crippen LogP contribution < -0.4 is 10.6 Å². The maximum absolute atomic E-state index is 12.7. The summed E-state index contributed by atoms with van der Waals surface area (Å²) in [7, 11) is 1.58. The lowest BCUT2D eigenvalue weighted by Crippen LogP contribution is -2.60. The van der Waals surface area contributed by atoms with Gasteiger partial charge in [-0.2, -0.15) is 0 Å². The normalized spacial score (nSPS) is 17.9. The lowest BCUT2D eigenvalue weighted by atomic mass is 9.95. The van der Waals surface area contributed by atoms with E-state index in [4.69, 9.17) is 5.11 Å². The van der Waals surface area contributed by atoms with E-state index in [2.05, 4.69) is 10.6 Å². The van der Waals surface area contributed by atoms with Gasteiger partial charge in [0.2, 0.25) is 5.91 Å². The molecule has 0 aromatic heterocycles. The fraction of sp³-hybridized carbons (Fsp3) is 0.786. The Hall–Kier alpha value is -1.79. The maximum atomic E-state index is 12.7. The van der Waals surface area contributed by atoms with Crippen LogP contribution in [-0.2, 0) is 9.59 Å². The van der Waals surface area contributed by atoms with Gasteiger partial charge in [0.05, 0.1) is 5.92 Å². The Bertz CT molecular complexity index is 405. The summed E-state index contributed by atoms with van der Waals surface area (Å²) in [4.78, 5) is 36.7. The molecule has 0 aromatic rings. The molecule has 0 aromatic carbocycles. The number of likely N-dealkylation sites (N-methyl/N-ethyl adjacent to an activating group) is 1. The van der Waals surface area contributed by atoms with Gasteiger partial charge in [-0.05, 0) is 19.8 Å². The largest absolute Gasteiger partial charge is 0.481 e. The average Bonchev–Trinajstić information content (AvgIpc) is 2.87. The van der Waals surface area contributed by atoms with E-state index >= 15 is 0 Å². The van der Waals surface area contributed by atoms with Crippen molar-refractivity contribution >= 4 is 17.9 Å². The van der Waals surface area contributed by atoms with Gasteiger partial charge in [-0.1, -0.05) is 19.8 Å². The number of urea groups is 1. The van der Waals surface area contributed by atoms with Crippen LogP contribution in [0.3, 0.4) is 0 Å². The molecule has 0 saturated heterocycles. The number of amides is 3. The second kappa shape index (κ2) is 7.28. The molecular weight excluding hydrogens is 274 g/mol. The van der Waals surface area contributed by atoms with Crippen molar-refractivity contribution in [2.24, 2.45) is 5.92 Å². The predicted molar refractivity (Wildman–Crippen MR) is 77.8 cm³/mol. The highest BCUT2D eigenvalue weighted by atomic mass is 16.4. The molecule has 1 fully saturated rings. The first kappa shape index (κ1) is 17.3. The van der Waals surface area contributed by atoms with Crippen LogP contribution in [0.4, 0.5) is 4.79 Å². The van der Waals surface area contributed by atoms with Crippen molar-refractivity contribution in [1.29, 1.82) is 0 Å². The number of nitrogens with zero attached hydrogens (tertiary/aromatic N) is 1. The molecule has 0 aliphatic heterocycles. The minimum absolute atomic E-state index is 0.132. The first-order valence-electron chi connectivity index (χ1n) is 7.37. The predicted octanol–water partition coefficient (Wildman–Crippen LogP) is 0.797. The molecule has 1 saturated carbocycles. The highest BCUT2D eigenvalue weighted by molar-refractivity contribution is 5.91. The van der Waals surface area contributed by atoms with E-state index in [0.29, 0.717) is 19.4 Å². The summed E-state index contributed by atoms with van der Waals surface area (Å²) in [5.41, 5.74) is -0.897. The first-order chi connectivity index (χ1) is 9.82. The van der Waals surface area contributed by atoms with E-state index in [1.165, 1.54) is 4.90 Å². The zero-order valence-corrected chi connectivity index (χ0v) is 12.9. The Balaban J connectivity index is 2.77. The van der Waals surface area contributed by atoms with Crippen LogP contribution in [0.2, 0.25) is 0 Å². The molecule has 1 rings (SSSR count). The SMILES string of the molecule is CCNC(=O)NC1(C(=O)N(C)CC(C)C(=O)O)CCCC1. The Morgan fingerprint density at radius 3 is 2.33 bits per heavy atom. The van der Waals surface area contributed by atoms with Gasteiger partial charge in [-0.15, -0.1) is 0 Å². The lowest BCUT2D eigenvalue weighted by Gasteiger charge is -2.33. The molecule has 0 bridgehead atoms. The topological polar surface area (TPSA) is 98.7 Å². The summed E-state index contributed by atoms with van der Waals surface area (Å²) in [6.07, 6.45) is 2.93. The van der Waals surface area contributed by atoms with Crippen LogP contribution in [0.15, 0.2) is 0 Å². The number of carboxylic acids is 1. The standard InChI is InChI=1S/C14H25N3O4/c1-4-15-13(21)16-14(7-5-6-8-14)12(20)17(3)9-10(2)11(18)19/h10H,4-9H2,1-3H3,(H,18,19)(H2,15,16,21). The molecule has 120 valence electrons. The zero-order chi connectivity index (χ0) is 16.0. The third kappa shape index (κ3) is 4.34. The molecule has 7 heteroatoms. The number of carboxylic acid groups (broad SMARTS) is 1. The van der Waals surface area contributed by atoms with Crippen molar-refractivity contribution in [2.45, 2.75) is 45.1 Å². The molecule has 1 unspecified atom stereocenters. The fourth-order valence-corrected chi connectivity index (χ4v) is 2.73. The van der Waals surface area contributed by atoms with Crippen LogP contribution in [0.25, 0.3) is 0 Å². The molecule has 0 spiro atoms. The minimum atomic E-state index is -0.938. The van der Waals surface area contributed by atoms with Crippen molar-refractivity contribution in [3.8, 4) is 0 Å². The number of rotatable bonds is 6. The van der Waals surface area contributed by atoms with Crippen LogP contribution in [-0.4, -0.2) is 53.6 Å². The number of hydrogen-bond acceptors (Lipinski definition) is 3. The molecule has 7 nitrogen and oxygen atoms in total. The highest BCUT2D eigenvalue weighted by Crippen LogP contribution is 2.31. The lowest BCUT2D eigenvalue weighted by molar-refractivity contribution is -0.144. The van der Waals surface area contributed by atoms with Crippen molar-refractivity contribution in [3.63, 3.8) is 0 Å². The Kier molecular flexibility index (Phi) is 5.99. The third-order valence-electron chi connectivity index (χ3n) is 3.87. The van der Waals surface area contributed by atoms with Gasteiger partial charge >= 0.3 is 12.0 Å². The first-order valence-corrected chi connectivity index (χ1v) is 7.37. The summed E-state index contributed by atoms with van der Waals surface area (Å²) < 4.78 is 0. The second-order valence-electron chi connectivity index (χ2n) is 5.70. The number of carbonyl (C=O) groups is 3. The molecule has 0 heterocycles. The monoisotopic (exact) mass is 299 g/mol. The summed E-state index contributed by atoms with van der Waals surface area (Å²) in [6.45, 7) is 3.99. The van der Waals surface area contributed by atoms with Crippen LogP contribution in [0, 0.1) is 5.92 Å². The van der Waals surface area contributed by atoms with E-state index in [-0.39, 0.29) is 18.5 Å². The van der Waals surface area contributed by atoms with Gasteiger partial charge in [-0.3, -0.25) is 9.59 Å². The molecule has 1 aliphatic rings. The van der Waals surface area contributed by atoms with Crippen LogP contribution in [0.1, 0.15) is 39.5 Å². The molecule has 0 radical (unpaired) electrons. The highest BCUT2D eigenvalue weighted by Gasteiger charge is 2.44. The van der Waals surface area contributed by atoms with Crippen molar-refractivity contribution in [1.82, 2.24) is 15.5 Å². The molecule has 3 N–H and O–H groups in total. The molecule has 1 atom stereocenters. The van der Waals surface area contributed by atoms with Gasteiger partial charge in [0.25, 0.3) is 0 Å². The Morgan fingerprint density at radius 2 is 1.86 bits per heavy atom. The average molecular weight is 299 g/mol. The van der Waals surface area contributed by atoms with Gasteiger partial charge in [-0.25, -0.2) is 4.79 Å². The number of aliphatic carboxylic acids is 1. The summed E-state index contributed by atoms with van der Waals surface area (Å²) in [6, 6.07) is -0.354. The molecular formula is C14H25N3O4. The summed E-state index contributed by atoms with van der Waals surface area (Å²) in [5.74, 6) is -1.78. The Morgan fingerprint density at radius 1 is 1.29 bits per heavy atom. The van der Waals surface area contributed by atoms with E-state index in [1.54, 1.807) is 14.0 Å². The fourth-order valence-electron chi connectivity index (χ4n) is 2.73. The zero-order valence-electron chi connectivity index (χ0n) is 12.9. The van der Waals surface area contributed by atoms with Gasteiger partial charge in [0, 0.05) is 20.1 Å². The summed E-state index contributed by atoms with van der Waals surface area (Å²) in [5, 5.41) is 14.4. The van der Waals surface area contributed by atoms with Gasteiger partial charge in [0.1, 0.15) is 5.54 Å². The van der Waals surface area contributed by atoms with Crippen molar-refractivity contribution in [2.75, 3.05) is 20.1 Å². The van der Waals surface area contributed by atoms with Crippen LogP contribution >= 0.6 is 0 Å². The van der Waals surface area contributed by atoms with Gasteiger partial charge in [0.15, 0.2) is 0 Å². The van der Waals surface area contributed by atoms with Crippen molar-refractivity contribution in [3.05, 3.63) is 0 Å². The van der Waals surface area contributed by atoms with E-state index < -0.39 is 17.4 Å². The third-order valence-corrected chi connectivity index (χ3v) is 3.87. The Labute approximate surface area is 125 Å². The van der Waals surface area contributed by atoms with E-state index in [0.717, 1.165) is 12.8 Å². The smallest absolute Gasteiger partial charge is 0.315 e.